The first-order valence-corrected chi connectivity index (χ1v) is 5.50. The zero-order valence-electron chi connectivity index (χ0n) is 10.4. The molecule has 0 aromatic heterocycles. The summed E-state index contributed by atoms with van der Waals surface area (Å²) in [6.07, 6.45) is 1.03. The van der Waals surface area contributed by atoms with Gasteiger partial charge < -0.3 is 10.2 Å². The van der Waals surface area contributed by atoms with Gasteiger partial charge in [-0.1, -0.05) is 45.0 Å². The van der Waals surface area contributed by atoms with Gasteiger partial charge in [-0.05, 0) is 22.1 Å². The highest BCUT2D eigenvalue weighted by atomic mass is 16.4. The van der Waals surface area contributed by atoms with Crippen LogP contribution in [-0.4, -0.2) is 22.8 Å². The summed E-state index contributed by atoms with van der Waals surface area (Å²) in [5, 5.41) is 17.8. The molecule has 0 aliphatic heterocycles. The van der Waals surface area contributed by atoms with E-state index in [0.29, 0.717) is 5.57 Å². The number of aliphatic hydroxyl groups excluding tert-OH is 1. The largest absolute Gasteiger partial charge is 0.478 e. The van der Waals surface area contributed by atoms with Crippen molar-refractivity contribution >= 4 is 11.5 Å². The molecule has 0 fully saturated rings. The third-order valence-corrected chi connectivity index (χ3v) is 2.59. The quantitative estimate of drug-likeness (QED) is 0.790. The molecule has 0 unspecified atom stereocenters. The molecule has 0 heterocycles. The fourth-order valence-electron chi connectivity index (χ4n) is 1.55. The average Bonchev–Trinajstić information content (AvgIpc) is 2.24. The average molecular weight is 234 g/mol. The lowest BCUT2D eigenvalue weighted by Gasteiger charge is -2.19. The van der Waals surface area contributed by atoms with Crippen molar-refractivity contribution < 1.29 is 15.0 Å². The van der Waals surface area contributed by atoms with Crippen molar-refractivity contribution in [2.24, 2.45) is 0 Å². The molecule has 3 nitrogen and oxygen atoms in total. The van der Waals surface area contributed by atoms with Crippen molar-refractivity contribution in [1.82, 2.24) is 0 Å². The third kappa shape index (κ3) is 3.71. The maximum atomic E-state index is 10.6. The van der Waals surface area contributed by atoms with Crippen LogP contribution in [0.2, 0.25) is 0 Å². The molecule has 0 atom stereocenters. The van der Waals surface area contributed by atoms with Crippen LogP contribution in [0.3, 0.4) is 0 Å². The molecule has 0 aliphatic rings. The minimum atomic E-state index is -1.05. The van der Waals surface area contributed by atoms with Crippen LogP contribution in [0.4, 0.5) is 0 Å². The lowest BCUT2D eigenvalue weighted by molar-refractivity contribution is -0.131. The van der Waals surface area contributed by atoms with E-state index in [1.165, 1.54) is 5.56 Å². The number of hydrogen-bond acceptors (Lipinski definition) is 2. The minimum Gasteiger partial charge on any atom is -0.478 e. The molecule has 1 aromatic carbocycles. The van der Waals surface area contributed by atoms with Crippen molar-refractivity contribution in [2.45, 2.75) is 26.2 Å². The topological polar surface area (TPSA) is 57.5 Å². The first-order valence-electron chi connectivity index (χ1n) is 5.50. The van der Waals surface area contributed by atoms with Crippen LogP contribution in [0.15, 0.2) is 30.3 Å². The van der Waals surface area contributed by atoms with Crippen molar-refractivity contribution in [3.8, 4) is 0 Å². The Labute approximate surface area is 101 Å². The smallest absolute Gasteiger partial charge is 0.328 e. The van der Waals surface area contributed by atoms with Crippen LogP contribution < -0.4 is 0 Å². The second-order valence-corrected chi connectivity index (χ2v) is 4.99. The fraction of sp³-hybridized carbons (Fsp3) is 0.357. The predicted molar refractivity (Wildman–Crippen MR) is 67.8 cm³/mol. The van der Waals surface area contributed by atoms with Crippen LogP contribution in [-0.2, 0) is 10.2 Å². The molecule has 0 aliphatic carbocycles. The molecule has 0 saturated carbocycles. The second-order valence-electron chi connectivity index (χ2n) is 4.99. The Morgan fingerprint density at radius 2 is 1.76 bits per heavy atom. The van der Waals surface area contributed by atoms with Gasteiger partial charge in [0.2, 0.25) is 0 Å². The zero-order valence-corrected chi connectivity index (χ0v) is 10.4. The molecule has 1 aromatic rings. The summed E-state index contributed by atoms with van der Waals surface area (Å²) in [6.45, 7) is 6.06. The summed E-state index contributed by atoms with van der Waals surface area (Å²) < 4.78 is 0. The van der Waals surface area contributed by atoms with E-state index in [-0.39, 0.29) is 12.0 Å². The lowest BCUT2D eigenvalue weighted by Crippen LogP contribution is -2.10. The van der Waals surface area contributed by atoms with Crippen molar-refractivity contribution in [1.29, 1.82) is 0 Å². The number of aliphatic carboxylic acids is 1. The Balaban J connectivity index is 3.05. The van der Waals surface area contributed by atoms with Crippen molar-refractivity contribution in [3.05, 3.63) is 41.5 Å². The standard InChI is InChI=1S/C14H18O3/c1-14(2,3)12-6-4-10(5-7-12)11(9-15)8-13(16)17/h4-8,15H,9H2,1-3H3,(H,16,17)/b11-8+. The SMILES string of the molecule is CC(C)(C)c1ccc(/C(=C/C(=O)O)CO)cc1. The summed E-state index contributed by atoms with van der Waals surface area (Å²) in [5.41, 5.74) is 2.39. The highest BCUT2D eigenvalue weighted by molar-refractivity contribution is 5.90. The molecule has 2 N–H and O–H groups in total. The molecule has 0 spiro atoms. The molecule has 0 bridgehead atoms. The van der Waals surface area contributed by atoms with Gasteiger partial charge in [0.25, 0.3) is 0 Å². The normalized spacial score (nSPS) is 12.6. The van der Waals surface area contributed by atoms with E-state index in [2.05, 4.69) is 20.8 Å². The fourth-order valence-corrected chi connectivity index (χ4v) is 1.55. The van der Waals surface area contributed by atoms with Gasteiger partial charge in [-0.2, -0.15) is 0 Å². The molecule has 0 amide bonds. The Morgan fingerprint density at radius 1 is 1.24 bits per heavy atom. The van der Waals surface area contributed by atoms with Crippen LogP contribution in [0.1, 0.15) is 31.9 Å². The van der Waals surface area contributed by atoms with E-state index < -0.39 is 5.97 Å². The van der Waals surface area contributed by atoms with Gasteiger partial charge >= 0.3 is 5.97 Å². The van der Waals surface area contributed by atoms with Gasteiger partial charge in [0.15, 0.2) is 0 Å². The van der Waals surface area contributed by atoms with Crippen LogP contribution in [0.25, 0.3) is 5.57 Å². The summed E-state index contributed by atoms with van der Waals surface area (Å²) in [5.74, 6) is -1.05. The minimum absolute atomic E-state index is 0.0639. The number of carboxylic acid groups (broad SMARTS) is 1. The first-order chi connectivity index (χ1) is 7.84. The molecule has 0 radical (unpaired) electrons. The summed E-state index contributed by atoms with van der Waals surface area (Å²) in [4.78, 5) is 10.6. The first kappa shape index (κ1) is 13.5. The molecule has 92 valence electrons. The highest BCUT2D eigenvalue weighted by Crippen LogP contribution is 2.24. The highest BCUT2D eigenvalue weighted by Gasteiger charge is 2.13. The Morgan fingerprint density at radius 3 is 2.12 bits per heavy atom. The van der Waals surface area contributed by atoms with Crippen molar-refractivity contribution in [2.75, 3.05) is 6.61 Å². The third-order valence-electron chi connectivity index (χ3n) is 2.59. The van der Waals surface area contributed by atoms with Crippen LogP contribution in [0, 0.1) is 0 Å². The number of carboxylic acids is 1. The monoisotopic (exact) mass is 234 g/mol. The van der Waals surface area contributed by atoms with Gasteiger partial charge in [0.05, 0.1) is 6.61 Å². The molecule has 0 saturated heterocycles. The summed E-state index contributed by atoms with van der Waals surface area (Å²) >= 11 is 0. The van der Waals surface area contributed by atoms with Gasteiger partial charge in [-0.25, -0.2) is 4.79 Å². The number of aliphatic hydroxyl groups is 1. The van der Waals surface area contributed by atoms with Crippen LogP contribution in [0.5, 0.6) is 0 Å². The van der Waals surface area contributed by atoms with E-state index in [0.717, 1.165) is 11.6 Å². The number of rotatable bonds is 3. The molecular formula is C14H18O3. The van der Waals surface area contributed by atoms with Gasteiger partial charge in [0.1, 0.15) is 0 Å². The Kier molecular flexibility index (Phi) is 4.07. The maximum absolute atomic E-state index is 10.6. The summed E-state index contributed by atoms with van der Waals surface area (Å²) in [7, 11) is 0. The van der Waals surface area contributed by atoms with E-state index in [4.69, 9.17) is 10.2 Å². The van der Waals surface area contributed by atoms with Gasteiger partial charge in [0, 0.05) is 6.08 Å². The predicted octanol–water partition coefficient (Wildman–Crippen LogP) is 2.44. The van der Waals surface area contributed by atoms with E-state index in [1.807, 2.05) is 24.3 Å². The molecule has 17 heavy (non-hydrogen) atoms. The number of hydrogen-bond donors (Lipinski definition) is 2. The number of carbonyl (C=O) groups is 1. The zero-order chi connectivity index (χ0) is 13.1. The number of benzene rings is 1. The second kappa shape index (κ2) is 5.15. The summed E-state index contributed by atoms with van der Waals surface area (Å²) in [6, 6.07) is 7.60. The van der Waals surface area contributed by atoms with E-state index >= 15 is 0 Å². The van der Waals surface area contributed by atoms with Crippen LogP contribution >= 0.6 is 0 Å². The van der Waals surface area contributed by atoms with E-state index in [1.54, 1.807) is 0 Å². The van der Waals surface area contributed by atoms with Crippen molar-refractivity contribution in [3.63, 3.8) is 0 Å². The van der Waals surface area contributed by atoms with E-state index in [9.17, 15) is 4.79 Å². The van der Waals surface area contributed by atoms with Gasteiger partial charge in [-0.3, -0.25) is 0 Å². The lowest BCUT2D eigenvalue weighted by atomic mass is 9.86. The maximum Gasteiger partial charge on any atom is 0.328 e. The van der Waals surface area contributed by atoms with Gasteiger partial charge in [-0.15, -0.1) is 0 Å². The Hall–Kier alpha value is -1.61. The molecule has 1 rings (SSSR count). The Bertz CT molecular complexity index is 422. The molecular weight excluding hydrogens is 216 g/mol. The molecule has 3 heteroatoms.